The van der Waals surface area contributed by atoms with Crippen LogP contribution >= 0.6 is 191 Å². The van der Waals surface area contributed by atoms with Crippen LogP contribution in [-0.2, 0) is 0 Å². The zero-order valence-electron chi connectivity index (χ0n) is 36.1. The Morgan fingerprint density at radius 3 is 0.963 bits per heavy atom. The first-order valence-electron chi connectivity index (χ1n) is 15.4. The molecule has 3 fully saturated rings. The fourth-order valence-corrected chi connectivity index (χ4v) is 9.36. The van der Waals surface area contributed by atoms with Gasteiger partial charge in [-0.2, -0.15) is 0 Å². The van der Waals surface area contributed by atoms with Crippen molar-refractivity contribution in [2.45, 2.75) is 119 Å². The minimum absolute atomic E-state index is 0. The molecule has 0 bridgehead atoms. The van der Waals surface area contributed by atoms with Gasteiger partial charge in [0.1, 0.15) is 0 Å². The number of rotatable bonds is 0. The number of hydrogen-bond donors (Lipinski definition) is 0. The van der Waals surface area contributed by atoms with E-state index in [4.69, 9.17) is 0 Å². The Kier molecular flexibility index (Phi) is 56.9. The maximum absolute atomic E-state index is 3.58. The third kappa shape index (κ3) is 42.0. The van der Waals surface area contributed by atoms with Gasteiger partial charge in [0.2, 0.25) is 0 Å². The van der Waals surface area contributed by atoms with E-state index in [1.807, 2.05) is 44.8 Å². The molecule has 54 heavy (non-hydrogen) atoms. The van der Waals surface area contributed by atoms with E-state index in [1.54, 1.807) is 11.1 Å². The van der Waals surface area contributed by atoms with E-state index in [0.29, 0.717) is 21.0 Å². The van der Waals surface area contributed by atoms with Crippen LogP contribution in [0.5, 0.6) is 0 Å². The standard InChI is InChI=1S/C5H7Br3.C5H8.2C4H5Br3.C4H7Br.2C4H6.2C3H5Br.3CH3.3Li/c1-3-4(2,6)5(3,7)8;1-4-3-5(4)2;1-3(5)2-4(3,6)7;1-2-3(5)4(2,6)7;1-3-4(2)5;2*1-4-2-3-4;1-3(2)4;1-2-3-4;;;;;;/h3H,1-2H3;3-4H,1-2H3;2H2,1H3;2-3H,1H3;3H,1-2H3;2H,3H2,1H3;2-4H,1H3;1H2,2H3;2-3H,1H3;3*1H3;;;/q;;;;;;;;;3*-1;3*+1/b;;;;;;;;3-2+;;;;;;. The molecule has 0 aromatic rings. The van der Waals surface area contributed by atoms with Crippen molar-refractivity contribution >= 4 is 191 Å². The fourth-order valence-electron chi connectivity index (χ4n) is 2.06. The largest absolute Gasteiger partial charge is 1.00 e. The molecule has 0 aliphatic heterocycles. The summed E-state index contributed by atoms with van der Waals surface area (Å²) in [5, 5.41) is 0. The minimum Gasteiger partial charge on any atom is -0.358 e. The summed E-state index contributed by atoms with van der Waals surface area (Å²) in [5.41, 5.74) is 3.09. The molecule has 6 rings (SSSR count). The minimum atomic E-state index is 0. The van der Waals surface area contributed by atoms with Crippen molar-refractivity contribution in [1.82, 2.24) is 0 Å². The predicted octanol–water partition coefficient (Wildman–Crippen LogP) is 11.8. The molecule has 6 aliphatic carbocycles. The average molecular weight is 1510 g/mol. The number of alkyl halides is 9. The monoisotopic (exact) mass is 1500 g/mol. The van der Waals surface area contributed by atoms with Gasteiger partial charge in [-0.05, 0) is 106 Å². The molecule has 0 aromatic heterocycles. The van der Waals surface area contributed by atoms with Crippen molar-refractivity contribution in [1.29, 1.82) is 0 Å². The molecule has 306 valence electrons. The van der Waals surface area contributed by atoms with Crippen molar-refractivity contribution in [2.24, 2.45) is 23.7 Å². The Hall–Kier alpha value is 5.99. The quantitative estimate of drug-likeness (QED) is 0.0981. The molecule has 3 saturated carbocycles. The van der Waals surface area contributed by atoms with Gasteiger partial charge >= 0.3 is 56.6 Å². The molecular weight excluding hydrogens is 1450 g/mol. The number of allylic oxidation sites excluding steroid dienone is 10. The Labute approximate surface area is 473 Å². The van der Waals surface area contributed by atoms with Crippen LogP contribution in [0.3, 0.4) is 0 Å². The van der Waals surface area contributed by atoms with Gasteiger partial charge in [-0.3, -0.25) is 0 Å². The van der Waals surface area contributed by atoms with E-state index in [9.17, 15) is 0 Å². The van der Waals surface area contributed by atoms with Crippen molar-refractivity contribution in [3.63, 3.8) is 0 Å². The summed E-state index contributed by atoms with van der Waals surface area (Å²) in [6, 6.07) is 0. The van der Waals surface area contributed by atoms with E-state index in [2.05, 4.69) is 277 Å². The van der Waals surface area contributed by atoms with Gasteiger partial charge in [0.15, 0.2) is 0 Å². The molecule has 0 nitrogen and oxygen atoms in total. The molecular formula is C39H63Br12Li3. The smallest absolute Gasteiger partial charge is 0.358 e. The number of hydrogen-bond acceptors (Lipinski definition) is 0. The van der Waals surface area contributed by atoms with Gasteiger partial charge in [-0.15, -0.1) is 0 Å². The molecule has 15 heteroatoms. The van der Waals surface area contributed by atoms with Crippen molar-refractivity contribution < 1.29 is 56.6 Å². The van der Waals surface area contributed by atoms with Gasteiger partial charge in [-0.25, -0.2) is 0 Å². The molecule has 0 spiro atoms. The van der Waals surface area contributed by atoms with E-state index >= 15 is 0 Å². The summed E-state index contributed by atoms with van der Waals surface area (Å²) >= 11 is 41.0. The molecule has 0 aromatic carbocycles. The fraction of sp³-hybridized carbons (Fsp3) is 0.615. The summed E-state index contributed by atoms with van der Waals surface area (Å²) in [6.07, 6.45) is 15.1. The topological polar surface area (TPSA) is 0 Å². The summed E-state index contributed by atoms with van der Waals surface area (Å²) < 4.78 is 3.25. The van der Waals surface area contributed by atoms with E-state index < -0.39 is 0 Å². The summed E-state index contributed by atoms with van der Waals surface area (Å²) in [6.45, 7) is 28.7. The zero-order chi connectivity index (χ0) is 39.1. The third-order valence-corrected chi connectivity index (χ3v) is 23.1. The van der Waals surface area contributed by atoms with Gasteiger partial charge in [-0.1, -0.05) is 273 Å². The summed E-state index contributed by atoms with van der Waals surface area (Å²) in [5.74, 6) is 3.05. The van der Waals surface area contributed by atoms with Crippen LogP contribution in [0.15, 0.2) is 68.1 Å². The Balaban J connectivity index is -0.0000000601. The first-order chi connectivity index (χ1) is 21.4. The van der Waals surface area contributed by atoms with Crippen molar-refractivity contribution in [2.75, 3.05) is 0 Å². The van der Waals surface area contributed by atoms with Crippen molar-refractivity contribution in [3.8, 4) is 0 Å². The van der Waals surface area contributed by atoms with E-state index in [1.165, 1.54) is 10.9 Å². The van der Waals surface area contributed by atoms with Gasteiger partial charge < -0.3 is 22.3 Å². The number of halogens is 12. The van der Waals surface area contributed by atoms with Gasteiger partial charge in [0.05, 0.1) is 18.3 Å². The maximum atomic E-state index is 3.58. The molecule has 0 radical (unpaired) electrons. The second-order valence-electron chi connectivity index (χ2n) is 12.6. The molecule has 6 aliphatic rings. The van der Waals surface area contributed by atoms with Crippen LogP contribution in [0.2, 0.25) is 0 Å². The molecule has 0 amide bonds. The van der Waals surface area contributed by atoms with Crippen LogP contribution in [0.4, 0.5) is 0 Å². The van der Waals surface area contributed by atoms with Crippen molar-refractivity contribution in [3.05, 3.63) is 90.4 Å². The second-order valence-corrected chi connectivity index (χ2v) is 31.1. The molecule has 0 N–H and O–H groups in total. The summed E-state index contributed by atoms with van der Waals surface area (Å²) in [7, 11) is 0. The van der Waals surface area contributed by atoms with Crippen LogP contribution in [0, 0.1) is 46.0 Å². The molecule has 6 atom stereocenters. The van der Waals surface area contributed by atoms with Crippen LogP contribution in [0.1, 0.15) is 95.9 Å². The average Bonchev–Trinajstić information content (AvgIpc) is 3.80. The van der Waals surface area contributed by atoms with Gasteiger partial charge in [0.25, 0.3) is 0 Å². The maximum Gasteiger partial charge on any atom is 1.00 e. The van der Waals surface area contributed by atoms with Crippen LogP contribution in [-0.4, -0.2) is 23.2 Å². The zero-order valence-corrected chi connectivity index (χ0v) is 55.1. The Bertz CT molecular complexity index is 1070. The Morgan fingerprint density at radius 1 is 0.815 bits per heavy atom. The molecule has 6 unspecified atom stereocenters. The predicted molar refractivity (Wildman–Crippen MR) is 287 cm³/mol. The second kappa shape index (κ2) is 38.3. The first kappa shape index (κ1) is 80.3. The first-order valence-corrected chi connectivity index (χ1v) is 25.2. The molecule has 0 heterocycles. The van der Waals surface area contributed by atoms with E-state index in [-0.39, 0.29) is 92.9 Å². The van der Waals surface area contributed by atoms with E-state index in [0.717, 1.165) is 22.7 Å². The van der Waals surface area contributed by atoms with Gasteiger partial charge in [0, 0.05) is 4.83 Å². The Morgan fingerprint density at radius 2 is 0.963 bits per heavy atom. The SMILES string of the molecule is C/C=C/Br.C=C(C)Br.CC1(Br)CC1(Br)Br.CC1=CC1.CC1=CC1C.CC1C(Br)C1(Br)Br.CC1C(C)(Br)C1(Br)Br.CC1C=C1.CC=C(C)Br.[CH3-].[CH3-].[CH3-].[Li+].[Li+].[Li+]. The van der Waals surface area contributed by atoms with Crippen LogP contribution < -0.4 is 56.6 Å². The van der Waals surface area contributed by atoms with Crippen LogP contribution in [0.25, 0.3) is 0 Å². The third-order valence-electron chi connectivity index (χ3n) is 7.26. The summed E-state index contributed by atoms with van der Waals surface area (Å²) in [4.78, 5) is 2.42. The molecule has 0 saturated heterocycles. The normalized spacial score (nSPS) is 28.1.